The van der Waals surface area contributed by atoms with E-state index in [2.05, 4.69) is 499 Å². The first-order valence-corrected chi connectivity index (χ1v) is 46.5. The molecule has 0 amide bonds. The Bertz CT molecular complexity index is 9350. The van der Waals surface area contributed by atoms with Crippen LogP contribution in [0.1, 0.15) is 25.0 Å². The smallest absolute Gasteiger partial charge is 0.0159 e. The number of hydrogen-bond donors (Lipinski definition) is 0. The molecule has 28 rings (SSSR count). The van der Waals surface area contributed by atoms with Crippen LogP contribution in [0.4, 0.5) is 0 Å². The quantitative estimate of drug-likeness (QED) is 0.110. The third-order valence-electron chi connectivity index (χ3n) is 29.0. The van der Waals surface area contributed by atoms with Crippen molar-refractivity contribution < 1.29 is 0 Å². The van der Waals surface area contributed by atoms with Crippen molar-refractivity contribution in [3.05, 3.63) is 496 Å². The van der Waals surface area contributed by atoms with Gasteiger partial charge in [-0.3, -0.25) is 0 Å². The second kappa shape index (κ2) is 31.2. The fourth-order valence-electron chi connectivity index (χ4n) is 22.9. The molecular formula is C133H86. The molecule has 0 N–H and O–H groups in total. The standard InChI is InChI=1S/C47H32.C44H28.C42H26/c1-47(2)42-18-10-9-13-35(42)36-26-25-33(28-43(36)47)46-39-16-7-5-14-37(39)45(38-15-6-8-17-40(38)46)32-24-21-30-20-23-31-22-19-29-11-3-4-12-34(29)44(31)41(30)27-32;1-2-10-29(11-3-1)30-18-23-34(24-19-30)43-37-14-6-8-16-39(37)44(40-17-9-7-15-38(40)43)35-27-22-32-21-26-33-25-20-31-12-4-5-13-36(31)42(33)41(32)28-35;1-2-11-31-25-32(23-17-27(31)9-1)41-35-13-5-7-15-37(35)42(38-16-8-6-14-36(38)41)33-24-20-29-19-22-30-21-18-28-10-3-4-12-34(28)40(30)39(29)26-33/h3-28H,1-2H3;1-28H;1-26H. The molecule has 133 heavy (non-hydrogen) atoms. The second-order valence-corrected chi connectivity index (χ2v) is 36.6. The minimum absolute atomic E-state index is 0.0501. The van der Waals surface area contributed by atoms with Crippen LogP contribution in [-0.4, -0.2) is 0 Å². The first-order valence-electron chi connectivity index (χ1n) is 46.5. The summed E-state index contributed by atoms with van der Waals surface area (Å²) >= 11 is 0. The lowest BCUT2D eigenvalue weighted by molar-refractivity contribution is 0.660. The summed E-state index contributed by atoms with van der Waals surface area (Å²) in [5.41, 5.74) is 23.3. The second-order valence-electron chi connectivity index (χ2n) is 36.6. The van der Waals surface area contributed by atoms with Crippen LogP contribution in [0.25, 0.3) is 261 Å². The first-order chi connectivity index (χ1) is 65.7. The molecule has 1 aliphatic carbocycles. The largest absolute Gasteiger partial charge is 0.0622 e. The van der Waals surface area contributed by atoms with E-state index in [0.29, 0.717) is 0 Å². The normalized spacial score (nSPS) is 12.3. The Balaban J connectivity index is 0.000000104. The Kier molecular flexibility index (Phi) is 18.1. The Labute approximate surface area is 771 Å². The van der Waals surface area contributed by atoms with Crippen molar-refractivity contribution in [2.24, 2.45) is 0 Å². The summed E-state index contributed by atoms with van der Waals surface area (Å²) in [5.74, 6) is 0. The van der Waals surface area contributed by atoms with Gasteiger partial charge in [0.1, 0.15) is 0 Å². The van der Waals surface area contributed by atoms with Gasteiger partial charge in [0.15, 0.2) is 0 Å². The molecule has 0 aliphatic heterocycles. The maximum atomic E-state index is 2.47. The van der Waals surface area contributed by atoms with E-state index < -0.39 is 0 Å². The molecule has 0 atom stereocenters. The van der Waals surface area contributed by atoms with Crippen LogP contribution in [0.5, 0.6) is 0 Å². The van der Waals surface area contributed by atoms with E-state index in [-0.39, 0.29) is 5.41 Å². The molecule has 1 aliphatic rings. The van der Waals surface area contributed by atoms with Gasteiger partial charge >= 0.3 is 0 Å². The first kappa shape index (κ1) is 77.3. The van der Waals surface area contributed by atoms with Gasteiger partial charge in [-0.15, -0.1) is 0 Å². The van der Waals surface area contributed by atoms with Crippen LogP contribution in [0.15, 0.2) is 485 Å². The van der Waals surface area contributed by atoms with Gasteiger partial charge in [0.2, 0.25) is 0 Å². The summed E-state index contributed by atoms with van der Waals surface area (Å²) in [5, 5.41) is 41.2. The van der Waals surface area contributed by atoms with Crippen LogP contribution in [0.2, 0.25) is 0 Å². The minimum Gasteiger partial charge on any atom is -0.0622 e. The highest BCUT2D eigenvalue weighted by Crippen LogP contribution is 2.54. The third-order valence-corrected chi connectivity index (χ3v) is 29.0. The van der Waals surface area contributed by atoms with E-state index in [1.54, 1.807) is 0 Å². The topological polar surface area (TPSA) is 0 Å². The average molecular weight is 1680 g/mol. The van der Waals surface area contributed by atoms with Crippen molar-refractivity contribution in [2.75, 3.05) is 0 Å². The Morgan fingerprint density at radius 3 is 0.699 bits per heavy atom. The van der Waals surface area contributed by atoms with Crippen molar-refractivity contribution >= 4 is 172 Å². The van der Waals surface area contributed by atoms with Gasteiger partial charge in [-0.2, -0.15) is 0 Å². The highest BCUT2D eigenvalue weighted by atomic mass is 14.4. The Morgan fingerprint density at radius 1 is 0.120 bits per heavy atom. The number of hydrogen-bond acceptors (Lipinski definition) is 0. The predicted octanol–water partition coefficient (Wildman–Crippen LogP) is 37.5. The maximum absolute atomic E-state index is 2.47. The molecule has 618 valence electrons. The zero-order chi connectivity index (χ0) is 87.9. The van der Waals surface area contributed by atoms with Crippen LogP contribution in [0.3, 0.4) is 0 Å². The van der Waals surface area contributed by atoms with Gasteiger partial charge in [0, 0.05) is 5.41 Å². The summed E-state index contributed by atoms with van der Waals surface area (Å²) in [4.78, 5) is 0. The van der Waals surface area contributed by atoms with Gasteiger partial charge in [-0.1, -0.05) is 469 Å². The molecule has 0 aromatic heterocycles. The van der Waals surface area contributed by atoms with Crippen molar-refractivity contribution in [2.45, 2.75) is 19.3 Å². The molecule has 0 radical (unpaired) electrons. The molecule has 0 unspecified atom stereocenters. The number of benzene rings is 27. The SMILES string of the molecule is CC1(C)c2ccccc2-c2ccc(-c3c4ccccc4c(-c4ccc5ccc6ccc7ccccc7c6c5c4)c4ccccc34)cc21.c1ccc(-c2ccc(-c3c4ccccc4c(-c4ccc5ccc6ccc7ccccc7c6c5c4)c4ccccc34)cc2)cc1.c1ccc2cc(-c3c4ccccc4c(-c4ccc5ccc6ccc7ccccc7c6c5c4)c4ccccc34)ccc2c1. The lowest BCUT2D eigenvalue weighted by Crippen LogP contribution is -2.14. The van der Waals surface area contributed by atoms with Crippen molar-refractivity contribution in [3.8, 4) is 89.0 Å². The number of rotatable bonds is 7. The van der Waals surface area contributed by atoms with E-state index in [1.165, 1.54) is 273 Å². The molecule has 0 heteroatoms. The fourth-order valence-corrected chi connectivity index (χ4v) is 22.9. The predicted molar refractivity (Wildman–Crippen MR) is 575 cm³/mol. The van der Waals surface area contributed by atoms with Crippen LogP contribution in [-0.2, 0) is 5.41 Å². The zero-order valence-corrected chi connectivity index (χ0v) is 73.7. The molecule has 0 saturated carbocycles. The molecule has 0 saturated heterocycles. The lowest BCUT2D eigenvalue weighted by atomic mass is 9.80. The van der Waals surface area contributed by atoms with Gasteiger partial charge in [0.25, 0.3) is 0 Å². The number of fused-ring (bicyclic) bond motifs is 25. The molecule has 27 aromatic rings. The summed E-state index contributed by atoms with van der Waals surface area (Å²) in [6, 6.07) is 179. The molecule has 0 heterocycles. The van der Waals surface area contributed by atoms with Crippen LogP contribution >= 0.6 is 0 Å². The fraction of sp³-hybridized carbons (Fsp3) is 0.0226. The molecule has 0 bridgehead atoms. The molecule has 0 nitrogen and oxygen atoms in total. The Hall–Kier alpha value is -16.9. The minimum atomic E-state index is -0.0501. The van der Waals surface area contributed by atoms with E-state index in [1.807, 2.05) is 0 Å². The van der Waals surface area contributed by atoms with E-state index in [4.69, 9.17) is 0 Å². The average Bonchev–Trinajstić information content (AvgIpc) is 1.68. The van der Waals surface area contributed by atoms with Crippen molar-refractivity contribution in [1.29, 1.82) is 0 Å². The summed E-state index contributed by atoms with van der Waals surface area (Å²) < 4.78 is 0. The van der Waals surface area contributed by atoms with E-state index >= 15 is 0 Å². The van der Waals surface area contributed by atoms with Gasteiger partial charge in [0.05, 0.1) is 0 Å². The van der Waals surface area contributed by atoms with E-state index in [9.17, 15) is 0 Å². The highest BCUT2D eigenvalue weighted by Gasteiger charge is 2.36. The molecule has 0 spiro atoms. The van der Waals surface area contributed by atoms with Gasteiger partial charge in [-0.05, 0) is 303 Å². The third kappa shape index (κ3) is 12.7. The maximum Gasteiger partial charge on any atom is 0.0159 e. The monoisotopic (exact) mass is 1680 g/mol. The highest BCUT2D eigenvalue weighted by molar-refractivity contribution is 6.29. The van der Waals surface area contributed by atoms with E-state index in [0.717, 1.165) is 0 Å². The summed E-state index contributed by atoms with van der Waals surface area (Å²) in [6.07, 6.45) is 0. The van der Waals surface area contributed by atoms with Crippen molar-refractivity contribution in [1.82, 2.24) is 0 Å². The summed E-state index contributed by atoms with van der Waals surface area (Å²) in [6.45, 7) is 4.74. The molecule has 27 aromatic carbocycles. The Morgan fingerprint density at radius 2 is 0.338 bits per heavy atom. The lowest BCUT2D eigenvalue weighted by Gasteiger charge is -2.23. The van der Waals surface area contributed by atoms with Crippen LogP contribution in [0, 0.1) is 0 Å². The summed E-state index contributed by atoms with van der Waals surface area (Å²) in [7, 11) is 0. The molecular weight excluding hydrogens is 1600 g/mol. The zero-order valence-electron chi connectivity index (χ0n) is 73.7. The van der Waals surface area contributed by atoms with Gasteiger partial charge in [-0.25, -0.2) is 0 Å². The molecule has 0 fully saturated rings. The van der Waals surface area contributed by atoms with Crippen LogP contribution < -0.4 is 0 Å². The van der Waals surface area contributed by atoms with Crippen molar-refractivity contribution in [3.63, 3.8) is 0 Å². The van der Waals surface area contributed by atoms with Gasteiger partial charge < -0.3 is 0 Å².